The Morgan fingerprint density at radius 3 is 2.69 bits per heavy atom. The molecule has 6 nitrogen and oxygen atoms in total. The highest BCUT2D eigenvalue weighted by molar-refractivity contribution is 7.99. The summed E-state index contributed by atoms with van der Waals surface area (Å²) in [6.45, 7) is 4.51. The quantitative estimate of drug-likeness (QED) is 0.185. The van der Waals surface area contributed by atoms with Crippen molar-refractivity contribution in [2.24, 2.45) is 5.92 Å². The lowest BCUT2D eigenvalue weighted by molar-refractivity contribution is 0.102. The van der Waals surface area contributed by atoms with E-state index >= 15 is 0 Å². The Kier molecular flexibility index (Phi) is 5.98. The summed E-state index contributed by atoms with van der Waals surface area (Å²) in [5, 5.41) is 11.4. The number of thioether (sulfide) groups is 1. The van der Waals surface area contributed by atoms with Crippen LogP contribution in [0.5, 0.6) is 0 Å². The highest BCUT2D eigenvalue weighted by Crippen LogP contribution is 2.40. The lowest BCUT2D eigenvalue weighted by Crippen LogP contribution is -2.11. The van der Waals surface area contributed by atoms with Crippen LogP contribution in [0.25, 0.3) is 26.1 Å². The van der Waals surface area contributed by atoms with Gasteiger partial charge in [-0.3, -0.25) is 9.20 Å². The number of aryl methyl sites for hydroxylation is 1. The van der Waals surface area contributed by atoms with Crippen LogP contribution in [0, 0.1) is 5.92 Å². The Morgan fingerprint density at radius 2 is 1.91 bits per heavy atom. The van der Waals surface area contributed by atoms with Crippen molar-refractivity contribution in [3.05, 3.63) is 58.0 Å². The summed E-state index contributed by atoms with van der Waals surface area (Å²) in [6, 6.07) is 6.95. The first-order valence-electron chi connectivity index (χ1n) is 11.9. The molecule has 1 aromatic carbocycles. The number of aromatic nitrogens is 5. The molecule has 0 spiro atoms. The molecule has 35 heavy (non-hydrogen) atoms. The number of halogens is 1. The molecule has 0 fully saturated rings. The predicted molar refractivity (Wildman–Crippen MR) is 143 cm³/mol. The number of rotatable bonds is 6. The number of hydrogen-bond donors (Lipinski definition) is 0. The van der Waals surface area contributed by atoms with E-state index in [1.165, 1.54) is 46.8 Å². The van der Waals surface area contributed by atoms with Gasteiger partial charge in [0, 0.05) is 21.7 Å². The fourth-order valence-electron chi connectivity index (χ4n) is 4.88. The standard InChI is InChI=1S/C26H24ClN5OS2/c1-14(2)11-19-17-5-3-4-6-18(17)21-22-23(35-25(21)29-19)24-30-31-26(32(24)13-28-22)34-12-20(33)15-7-9-16(27)10-8-15/h7-10,13-14H,3-6,11-12H2,1-2H3. The average Bonchev–Trinajstić information content (AvgIpc) is 3.44. The fraction of sp³-hybridized carbons (Fsp3) is 0.346. The highest BCUT2D eigenvalue weighted by atomic mass is 35.5. The number of nitrogens with zero attached hydrogens (tertiary/aromatic N) is 5. The number of Topliss-reactive ketones (excluding diaryl/α,β-unsaturated/α-hetero) is 1. The largest absolute Gasteiger partial charge is 0.293 e. The first kappa shape index (κ1) is 22.9. The maximum absolute atomic E-state index is 12.6. The van der Waals surface area contributed by atoms with Gasteiger partial charge in [0.1, 0.15) is 15.9 Å². The van der Waals surface area contributed by atoms with E-state index in [4.69, 9.17) is 21.6 Å². The molecule has 0 bridgehead atoms. The molecule has 9 heteroatoms. The molecule has 0 saturated carbocycles. The Bertz CT molecular complexity index is 1590. The van der Waals surface area contributed by atoms with Crippen molar-refractivity contribution in [2.45, 2.75) is 51.1 Å². The minimum absolute atomic E-state index is 0.0211. The third-order valence-electron chi connectivity index (χ3n) is 6.49. The van der Waals surface area contributed by atoms with Gasteiger partial charge in [-0.05, 0) is 73.4 Å². The van der Waals surface area contributed by atoms with Gasteiger partial charge in [0.05, 0.1) is 11.3 Å². The molecule has 0 N–H and O–H groups in total. The van der Waals surface area contributed by atoms with Crippen molar-refractivity contribution >= 4 is 66.6 Å². The Hall–Kier alpha value is -2.55. The lowest BCUT2D eigenvalue weighted by atomic mass is 9.87. The van der Waals surface area contributed by atoms with E-state index in [1.807, 2.05) is 4.40 Å². The topological polar surface area (TPSA) is 73.0 Å². The zero-order valence-electron chi connectivity index (χ0n) is 19.5. The molecule has 178 valence electrons. The van der Waals surface area contributed by atoms with Gasteiger partial charge < -0.3 is 0 Å². The molecule has 6 rings (SSSR count). The molecule has 0 aliphatic heterocycles. The summed E-state index contributed by atoms with van der Waals surface area (Å²) in [7, 11) is 0. The summed E-state index contributed by atoms with van der Waals surface area (Å²) < 4.78 is 2.90. The molecule has 1 aliphatic carbocycles. The van der Waals surface area contributed by atoms with Crippen LogP contribution < -0.4 is 0 Å². The SMILES string of the molecule is CC(C)Cc1nc2sc3c(ncn4c(SCC(=O)c5ccc(Cl)cc5)nnc34)c2c2c1CCCC2. The monoisotopic (exact) mass is 521 g/mol. The van der Waals surface area contributed by atoms with E-state index < -0.39 is 0 Å². The van der Waals surface area contributed by atoms with Gasteiger partial charge in [-0.1, -0.05) is 37.2 Å². The third-order valence-corrected chi connectivity index (χ3v) is 8.75. The second kappa shape index (κ2) is 9.15. The second-order valence-electron chi connectivity index (χ2n) is 9.42. The van der Waals surface area contributed by atoms with E-state index in [0.29, 0.717) is 21.7 Å². The van der Waals surface area contributed by atoms with Gasteiger partial charge in [-0.25, -0.2) is 9.97 Å². The molecule has 4 heterocycles. The van der Waals surface area contributed by atoms with Crippen LogP contribution in [-0.2, 0) is 19.3 Å². The van der Waals surface area contributed by atoms with Crippen molar-refractivity contribution in [1.29, 1.82) is 0 Å². The van der Waals surface area contributed by atoms with Crippen LogP contribution in [-0.4, -0.2) is 36.1 Å². The number of fused-ring (bicyclic) bond motifs is 7. The van der Waals surface area contributed by atoms with Gasteiger partial charge in [-0.2, -0.15) is 0 Å². The summed E-state index contributed by atoms with van der Waals surface area (Å²) in [5.41, 5.74) is 6.51. The van der Waals surface area contributed by atoms with Crippen LogP contribution in [0.3, 0.4) is 0 Å². The van der Waals surface area contributed by atoms with Gasteiger partial charge in [0.2, 0.25) is 0 Å². The molecule has 0 atom stereocenters. The second-order valence-corrected chi connectivity index (χ2v) is 11.8. The number of carbonyl (C=O) groups is 1. The van der Waals surface area contributed by atoms with E-state index in [1.54, 1.807) is 41.9 Å². The number of thiophene rings is 1. The normalized spacial score (nSPS) is 13.8. The summed E-state index contributed by atoms with van der Waals surface area (Å²) in [6.07, 6.45) is 7.41. The number of benzene rings is 1. The van der Waals surface area contributed by atoms with Crippen LogP contribution in [0.2, 0.25) is 5.02 Å². The van der Waals surface area contributed by atoms with Gasteiger partial charge >= 0.3 is 0 Å². The van der Waals surface area contributed by atoms with Crippen LogP contribution in [0.15, 0.2) is 35.7 Å². The Morgan fingerprint density at radius 1 is 1.14 bits per heavy atom. The molecule has 0 radical (unpaired) electrons. The first-order chi connectivity index (χ1) is 17.0. The minimum Gasteiger partial charge on any atom is -0.293 e. The molecular formula is C26H24ClN5OS2. The summed E-state index contributed by atoms with van der Waals surface area (Å²) in [5.74, 6) is 0.852. The van der Waals surface area contributed by atoms with Crippen molar-refractivity contribution in [3.63, 3.8) is 0 Å². The summed E-state index contributed by atoms with van der Waals surface area (Å²) >= 11 is 8.96. The van der Waals surface area contributed by atoms with Crippen molar-refractivity contribution in [2.75, 3.05) is 5.75 Å². The maximum Gasteiger partial charge on any atom is 0.197 e. The molecule has 0 saturated heterocycles. The predicted octanol–water partition coefficient (Wildman–Crippen LogP) is 6.59. The van der Waals surface area contributed by atoms with Crippen molar-refractivity contribution in [1.82, 2.24) is 24.6 Å². The van der Waals surface area contributed by atoms with E-state index in [0.717, 1.165) is 40.0 Å². The van der Waals surface area contributed by atoms with E-state index in [9.17, 15) is 4.79 Å². The third kappa shape index (κ3) is 4.11. The molecule has 1 aliphatic rings. The zero-order valence-corrected chi connectivity index (χ0v) is 21.9. The number of pyridine rings is 1. The van der Waals surface area contributed by atoms with Crippen molar-refractivity contribution < 1.29 is 4.79 Å². The fourth-order valence-corrected chi connectivity index (χ4v) is 6.96. The van der Waals surface area contributed by atoms with E-state index in [2.05, 4.69) is 24.0 Å². The average molecular weight is 522 g/mol. The number of ketones is 1. The van der Waals surface area contributed by atoms with Crippen LogP contribution in [0.4, 0.5) is 0 Å². The van der Waals surface area contributed by atoms with Gasteiger partial charge in [0.15, 0.2) is 16.6 Å². The highest BCUT2D eigenvalue weighted by Gasteiger charge is 2.24. The maximum atomic E-state index is 12.6. The zero-order chi connectivity index (χ0) is 24.1. The molecular weight excluding hydrogens is 498 g/mol. The number of carbonyl (C=O) groups excluding carboxylic acids is 1. The molecule has 5 aromatic rings. The lowest BCUT2D eigenvalue weighted by Gasteiger charge is -2.20. The van der Waals surface area contributed by atoms with Crippen LogP contribution >= 0.6 is 34.7 Å². The van der Waals surface area contributed by atoms with Crippen LogP contribution in [0.1, 0.15) is 53.9 Å². The minimum atomic E-state index is 0.0211. The molecule has 0 unspecified atom stereocenters. The van der Waals surface area contributed by atoms with Gasteiger partial charge in [0.25, 0.3) is 0 Å². The summed E-state index contributed by atoms with van der Waals surface area (Å²) in [4.78, 5) is 23.7. The molecule has 0 amide bonds. The number of hydrogen-bond acceptors (Lipinski definition) is 7. The first-order valence-corrected chi connectivity index (χ1v) is 14.1. The van der Waals surface area contributed by atoms with E-state index in [-0.39, 0.29) is 11.5 Å². The molecule has 4 aromatic heterocycles. The van der Waals surface area contributed by atoms with Crippen molar-refractivity contribution in [3.8, 4) is 0 Å². The Balaban J connectivity index is 1.40. The Labute approximate surface area is 216 Å². The smallest absolute Gasteiger partial charge is 0.197 e. The van der Waals surface area contributed by atoms with Gasteiger partial charge in [-0.15, -0.1) is 21.5 Å².